The molecule has 2 aromatic carbocycles. The zero-order valence-corrected chi connectivity index (χ0v) is 17.7. The van der Waals surface area contributed by atoms with Gasteiger partial charge in [-0.3, -0.25) is 9.78 Å². The summed E-state index contributed by atoms with van der Waals surface area (Å²) in [6.45, 7) is 4.66. The van der Waals surface area contributed by atoms with Crippen LogP contribution in [-0.4, -0.2) is 25.9 Å². The maximum Gasteiger partial charge on any atom is 0.274 e. The Labute approximate surface area is 182 Å². The van der Waals surface area contributed by atoms with Crippen LogP contribution in [0.1, 0.15) is 41.0 Å². The molecule has 0 fully saturated rings. The summed E-state index contributed by atoms with van der Waals surface area (Å²) < 4.78 is 1.71. The van der Waals surface area contributed by atoms with E-state index in [0.717, 1.165) is 29.7 Å². The Kier molecular flexibility index (Phi) is 6.17. The molecule has 0 atom stereocenters. The van der Waals surface area contributed by atoms with E-state index in [1.807, 2.05) is 36.4 Å². The first-order valence-electron chi connectivity index (χ1n) is 10.5. The van der Waals surface area contributed by atoms with Gasteiger partial charge in [0.1, 0.15) is 5.69 Å². The summed E-state index contributed by atoms with van der Waals surface area (Å²) in [7, 11) is 0. The summed E-state index contributed by atoms with van der Waals surface area (Å²) >= 11 is 0. The minimum Gasteiger partial charge on any atom is -0.346 e. The molecule has 2 heterocycles. The molecule has 0 spiro atoms. The van der Waals surface area contributed by atoms with Crippen molar-refractivity contribution >= 4 is 5.91 Å². The number of carbonyl (C=O) groups excluding carboxylic acids is 1. The lowest BCUT2D eigenvalue weighted by Gasteiger charge is -2.10. The fourth-order valence-electron chi connectivity index (χ4n) is 3.42. The van der Waals surface area contributed by atoms with Crippen molar-refractivity contribution in [1.29, 1.82) is 0 Å². The molecule has 156 valence electrons. The molecule has 31 heavy (non-hydrogen) atoms. The van der Waals surface area contributed by atoms with Crippen molar-refractivity contribution in [3.63, 3.8) is 0 Å². The summed E-state index contributed by atoms with van der Waals surface area (Å²) in [6.07, 6.45) is 5.35. The first-order chi connectivity index (χ1) is 15.2. The molecule has 6 nitrogen and oxygen atoms in total. The van der Waals surface area contributed by atoms with E-state index in [1.54, 1.807) is 17.1 Å². The number of hydrogen-bond acceptors (Lipinski definition) is 4. The smallest absolute Gasteiger partial charge is 0.274 e. The van der Waals surface area contributed by atoms with E-state index in [2.05, 4.69) is 58.7 Å². The number of carbonyl (C=O) groups is 1. The molecule has 0 aliphatic rings. The minimum atomic E-state index is -0.261. The second kappa shape index (κ2) is 9.34. The topological polar surface area (TPSA) is 72.7 Å². The lowest BCUT2D eigenvalue weighted by Crippen LogP contribution is -2.24. The Hall–Kier alpha value is -3.80. The number of nitrogens with zero attached hydrogens (tertiary/aromatic N) is 4. The van der Waals surface area contributed by atoms with Crippen molar-refractivity contribution in [2.24, 2.45) is 0 Å². The molecule has 0 unspecified atom stereocenters. The number of amides is 1. The van der Waals surface area contributed by atoms with E-state index < -0.39 is 0 Å². The lowest BCUT2D eigenvalue weighted by atomic mass is 10.1. The van der Waals surface area contributed by atoms with Crippen LogP contribution < -0.4 is 5.32 Å². The predicted molar refractivity (Wildman–Crippen MR) is 121 cm³/mol. The molecule has 4 rings (SSSR count). The number of benzene rings is 2. The van der Waals surface area contributed by atoms with Crippen molar-refractivity contribution in [3.05, 3.63) is 95.4 Å². The standard InChI is InChI=1S/C25H25N5O/c1-3-18-5-7-20(8-6-18)17-27-25(31)23-24(21-13-15-26-16-14-21)30(29-28-23)22-11-9-19(4-2)10-12-22/h5-16H,3-4,17H2,1-2H3,(H,27,31). The van der Waals surface area contributed by atoms with Crippen molar-refractivity contribution in [3.8, 4) is 16.9 Å². The van der Waals surface area contributed by atoms with Crippen LogP contribution in [0.3, 0.4) is 0 Å². The van der Waals surface area contributed by atoms with Gasteiger partial charge in [-0.15, -0.1) is 5.10 Å². The van der Waals surface area contributed by atoms with Gasteiger partial charge in [-0.25, -0.2) is 4.68 Å². The van der Waals surface area contributed by atoms with Crippen LogP contribution in [0.25, 0.3) is 16.9 Å². The van der Waals surface area contributed by atoms with Gasteiger partial charge in [0.15, 0.2) is 5.69 Å². The Morgan fingerprint density at radius 3 is 2.03 bits per heavy atom. The summed E-state index contributed by atoms with van der Waals surface area (Å²) in [5.41, 5.74) is 6.16. The molecule has 0 saturated carbocycles. The second-order valence-electron chi connectivity index (χ2n) is 7.31. The van der Waals surface area contributed by atoms with Gasteiger partial charge in [-0.05, 0) is 53.8 Å². The first kappa shape index (κ1) is 20.5. The molecule has 6 heteroatoms. The highest BCUT2D eigenvalue weighted by atomic mass is 16.2. The predicted octanol–water partition coefficient (Wildman–Crippen LogP) is 4.38. The third kappa shape index (κ3) is 4.53. The zero-order chi connectivity index (χ0) is 21.6. The molecular formula is C25H25N5O. The van der Waals surface area contributed by atoms with Gasteiger partial charge < -0.3 is 5.32 Å². The number of rotatable bonds is 7. The van der Waals surface area contributed by atoms with E-state index in [4.69, 9.17) is 0 Å². The Morgan fingerprint density at radius 2 is 1.42 bits per heavy atom. The van der Waals surface area contributed by atoms with E-state index in [1.165, 1.54) is 11.1 Å². The fourth-order valence-corrected chi connectivity index (χ4v) is 3.42. The van der Waals surface area contributed by atoms with Gasteiger partial charge in [-0.1, -0.05) is 55.5 Å². The van der Waals surface area contributed by atoms with Crippen LogP contribution in [0, 0.1) is 0 Å². The molecule has 1 N–H and O–H groups in total. The molecule has 4 aromatic rings. The summed E-state index contributed by atoms with van der Waals surface area (Å²) in [5, 5.41) is 11.5. The maximum absolute atomic E-state index is 13.0. The molecular weight excluding hydrogens is 386 g/mol. The average molecular weight is 412 g/mol. The number of aromatic nitrogens is 4. The van der Waals surface area contributed by atoms with Crippen molar-refractivity contribution in [2.75, 3.05) is 0 Å². The van der Waals surface area contributed by atoms with Crippen molar-refractivity contribution in [2.45, 2.75) is 33.2 Å². The normalized spacial score (nSPS) is 10.8. The molecule has 0 bridgehead atoms. The van der Waals surface area contributed by atoms with E-state index in [9.17, 15) is 4.79 Å². The summed E-state index contributed by atoms with van der Waals surface area (Å²) in [4.78, 5) is 17.1. The van der Waals surface area contributed by atoms with Crippen LogP contribution in [0.5, 0.6) is 0 Å². The monoisotopic (exact) mass is 411 g/mol. The van der Waals surface area contributed by atoms with Crippen LogP contribution in [0.4, 0.5) is 0 Å². The highest BCUT2D eigenvalue weighted by Gasteiger charge is 2.22. The molecule has 2 aromatic heterocycles. The first-order valence-corrected chi connectivity index (χ1v) is 10.5. The fraction of sp³-hybridized carbons (Fsp3) is 0.200. The minimum absolute atomic E-state index is 0.261. The van der Waals surface area contributed by atoms with Crippen LogP contribution in [-0.2, 0) is 19.4 Å². The third-order valence-corrected chi connectivity index (χ3v) is 5.31. The average Bonchev–Trinajstić information content (AvgIpc) is 3.29. The number of hydrogen-bond donors (Lipinski definition) is 1. The SMILES string of the molecule is CCc1ccc(CNC(=O)c2nnn(-c3ccc(CC)cc3)c2-c2ccncc2)cc1. The molecule has 0 saturated heterocycles. The van der Waals surface area contributed by atoms with Crippen LogP contribution in [0.15, 0.2) is 73.1 Å². The van der Waals surface area contributed by atoms with Gasteiger partial charge in [0.25, 0.3) is 5.91 Å². The second-order valence-corrected chi connectivity index (χ2v) is 7.31. The van der Waals surface area contributed by atoms with Gasteiger partial charge in [0.2, 0.25) is 0 Å². The molecule has 0 aliphatic heterocycles. The number of nitrogens with one attached hydrogen (secondary N) is 1. The molecule has 0 radical (unpaired) electrons. The van der Waals surface area contributed by atoms with E-state index >= 15 is 0 Å². The van der Waals surface area contributed by atoms with Crippen LogP contribution in [0.2, 0.25) is 0 Å². The summed E-state index contributed by atoms with van der Waals surface area (Å²) in [6, 6.07) is 20.1. The maximum atomic E-state index is 13.0. The van der Waals surface area contributed by atoms with Gasteiger partial charge in [0.05, 0.1) is 5.69 Å². The Morgan fingerprint density at radius 1 is 0.839 bits per heavy atom. The summed E-state index contributed by atoms with van der Waals surface area (Å²) in [5.74, 6) is -0.261. The number of pyridine rings is 1. The lowest BCUT2D eigenvalue weighted by molar-refractivity contribution is 0.0946. The van der Waals surface area contributed by atoms with Gasteiger partial charge >= 0.3 is 0 Å². The third-order valence-electron chi connectivity index (χ3n) is 5.31. The van der Waals surface area contributed by atoms with E-state index in [-0.39, 0.29) is 11.6 Å². The van der Waals surface area contributed by atoms with Crippen LogP contribution >= 0.6 is 0 Å². The zero-order valence-electron chi connectivity index (χ0n) is 17.7. The van der Waals surface area contributed by atoms with Crippen molar-refractivity contribution in [1.82, 2.24) is 25.3 Å². The van der Waals surface area contributed by atoms with Gasteiger partial charge in [-0.2, -0.15) is 0 Å². The van der Waals surface area contributed by atoms with Gasteiger partial charge in [0, 0.05) is 24.5 Å². The largest absolute Gasteiger partial charge is 0.346 e. The molecule has 0 aliphatic carbocycles. The quantitative estimate of drug-likeness (QED) is 0.490. The van der Waals surface area contributed by atoms with E-state index in [0.29, 0.717) is 12.2 Å². The number of aryl methyl sites for hydroxylation is 2. The van der Waals surface area contributed by atoms with Crippen molar-refractivity contribution < 1.29 is 4.79 Å². The Bertz CT molecular complexity index is 1150. The molecule has 1 amide bonds. The highest BCUT2D eigenvalue weighted by molar-refractivity contribution is 5.98. The Balaban J connectivity index is 1.64. The highest BCUT2D eigenvalue weighted by Crippen LogP contribution is 2.25.